The van der Waals surface area contributed by atoms with Crippen molar-refractivity contribution in [3.8, 4) is 0 Å². The van der Waals surface area contributed by atoms with Crippen LogP contribution in [0.15, 0.2) is 12.3 Å². The molecule has 2 N–H and O–H groups in total. The van der Waals surface area contributed by atoms with Gasteiger partial charge in [-0.2, -0.15) is 5.10 Å². The molecule has 1 rings (SSSR count). The smallest absolute Gasteiger partial charge is 0.0849 e. The SMILES string of the molecule is OCCCn1nccc1CO. The molecule has 1 aromatic heterocycles. The molecule has 0 saturated heterocycles. The molecule has 0 aliphatic heterocycles. The minimum Gasteiger partial charge on any atom is -0.396 e. The van der Waals surface area contributed by atoms with Crippen LogP contribution in [-0.4, -0.2) is 26.6 Å². The monoisotopic (exact) mass is 156 g/mol. The molecule has 1 heterocycles. The summed E-state index contributed by atoms with van der Waals surface area (Å²) >= 11 is 0. The van der Waals surface area contributed by atoms with Crippen LogP contribution in [-0.2, 0) is 13.2 Å². The molecule has 11 heavy (non-hydrogen) atoms. The zero-order valence-electron chi connectivity index (χ0n) is 6.27. The van der Waals surface area contributed by atoms with Crippen LogP contribution in [0.5, 0.6) is 0 Å². The van der Waals surface area contributed by atoms with Gasteiger partial charge < -0.3 is 10.2 Å². The third kappa shape index (κ3) is 2.03. The largest absolute Gasteiger partial charge is 0.396 e. The second-order valence-electron chi connectivity index (χ2n) is 2.28. The van der Waals surface area contributed by atoms with Crippen LogP contribution in [0.1, 0.15) is 12.1 Å². The Morgan fingerprint density at radius 2 is 2.27 bits per heavy atom. The molecule has 1 aromatic rings. The Morgan fingerprint density at radius 1 is 1.45 bits per heavy atom. The molecule has 0 aliphatic rings. The van der Waals surface area contributed by atoms with Crippen molar-refractivity contribution >= 4 is 0 Å². The lowest BCUT2D eigenvalue weighted by Crippen LogP contribution is -2.06. The molecule has 4 nitrogen and oxygen atoms in total. The van der Waals surface area contributed by atoms with Gasteiger partial charge in [0, 0.05) is 19.3 Å². The van der Waals surface area contributed by atoms with Gasteiger partial charge in [-0.05, 0) is 12.5 Å². The summed E-state index contributed by atoms with van der Waals surface area (Å²) in [7, 11) is 0. The summed E-state index contributed by atoms with van der Waals surface area (Å²) < 4.78 is 1.69. The van der Waals surface area contributed by atoms with E-state index in [4.69, 9.17) is 10.2 Å². The highest BCUT2D eigenvalue weighted by molar-refractivity contribution is 4.97. The van der Waals surface area contributed by atoms with Gasteiger partial charge in [-0.3, -0.25) is 4.68 Å². The number of aromatic nitrogens is 2. The number of aliphatic hydroxyl groups excluding tert-OH is 2. The molecule has 0 fully saturated rings. The van der Waals surface area contributed by atoms with E-state index in [1.165, 1.54) is 0 Å². The van der Waals surface area contributed by atoms with Crippen LogP contribution in [0, 0.1) is 0 Å². The first-order valence-corrected chi connectivity index (χ1v) is 3.61. The van der Waals surface area contributed by atoms with Crippen molar-refractivity contribution in [3.63, 3.8) is 0 Å². The third-order valence-electron chi connectivity index (χ3n) is 1.49. The molecule has 4 heteroatoms. The maximum atomic E-state index is 8.78. The number of hydrogen-bond acceptors (Lipinski definition) is 3. The number of aliphatic hydroxyl groups is 2. The van der Waals surface area contributed by atoms with Gasteiger partial charge in [0.2, 0.25) is 0 Å². The Hall–Kier alpha value is -0.870. The predicted molar refractivity (Wildman–Crippen MR) is 39.9 cm³/mol. The molecular weight excluding hydrogens is 144 g/mol. The van der Waals surface area contributed by atoms with E-state index in [0.29, 0.717) is 13.0 Å². The number of hydrogen-bond donors (Lipinski definition) is 2. The topological polar surface area (TPSA) is 58.3 Å². The van der Waals surface area contributed by atoms with Crippen molar-refractivity contribution in [2.75, 3.05) is 6.61 Å². The van der Waals surface area contributed by atoms with Crippen LogP contribution >= 0.6 is 0 Å². The molecule has 0 spiro atoms. The molecule has 0 aromatic carbocycles. The normalized spacial score (nSPS) is 10.4. The molecule has 0 radical (unpaired) electrons. The van der Waals surface area contributed by atoms with E-state index in [9.17, 15) is 0 Å². The van der Waals surface area contributed by atoms with Gasteiger partial charge in [0.1, 0.15) is 0 Å². The first kappa shape index (κ1) is 8.23. The highest BCUT2D eigenvalue weighted by atomic mass is 16.3. The van der Waals surface area contributed by atoms with Crippen LogP contribution < -0.4 is 0 Å². The first-order valence-electron chi connectivity index (χ1n) is 3.61. The van der Waals surface area contributed by atoms with E-state index in [2.05, 4.69) is 5.10 Å². The minimum atomic E-state index is 0.00539. The second-order valence-corrected chi connectivity index (χ2v) is 2.28. The van der Waals surface area contributed by atoms with Crippen molar-refractivity contribution in [2.24, 2.45) is 0 Å². The second kappa shape index (κ2) is 4.10. The summed E-state index contributed by atoms with van der Waals surface area (Å²) in [6.45, 7) is 0.829. The van der Waals surface area contributed by atoms with Gasteiger partial charge in [0.15, 0.2) is 0 Å². The summed E-state index contributed by atoms with van der Waals surface area (Å²) in [6, 6.07) is 1.76. The molecular formula is C7H12N2O2. The lowest BCUT2D eigenvalue weighted by Gasteiger charge is -2.02. The maximum Gasteiger partial charge on any atom is 0.0849 e. The fourth-order valence-corrected chi connectivity index (χ4v) is 0.916. The lowest BCUT2D eigenvalue weighted by molar-refractivity contribution is 0.255. The van der Waals surface area contributed by atoms with Crippen molar-refractivity contribution < 1.29 is 10.2 Å². The van der Waals surface area contributed by atoms with Crippen LogP contribution in [0.25, 0.3) is 0 Å². The number of rotatable bonds is 4. The summed E-state index contributed by atoms with van der Waals surface area (Å²) in [5.74, 6) is 0. The van der Waals surface area contributed by atoms with Crippen LogP contribution in [0.2, 0.25) is 0 Å². The number of aryl methyl sites for hydroxylation is 1. The van der Waals surface area contributed by atoms with E-state index in [0.717, 1.165) is 5.69 Å². The highest BCUT2D eigenvalue weighted by Gasteiger charge is 1.98. The van der Waals surface area contributed by atoms with E-state index < -0.39 is 0 Å². The van der Waals surface area contributed by atoms with Gasteiger partial charge in [0.25, 0.3) is 0 Å². The molecule has 0 saturated carbocycles. The van der Waals surface area contributed by atoms with Gasteiger partial charge in [-0.1, -0.05) is 0 Å². The van der Waals surface area contributed by atoms with Gasteiger partial charge in [-0.25, -0.2) is 0 Å². The molecule has 0 unspecified atom stereocenters. The summed E-state index contributed by atoms with van der Waals surface area (Å²) in [6.07, 6.45) is 2.32. The van der Waals surface area contributed by atoms with E-state index in [-0.39, 0.29) is 13.2 Å². The Bertz CT molecular complexity index is 210. The van der Waals surface area contributed by atoms with Crippen LogP contribution in [0.3, 0.4) is 0 Å². The van der Waals surface area contributed by atoms with Crippen molar-refractivity contribution in [1.29, 1.82) is 0 Å². The van der Waals surface area contributed by atoms with Crippen molar-refractivity contribution in [3.05, 3.63) is 18.0 Å². The van der Waals surface area contributed by atoms with Gasteiger partial charge in [-0.15, -0.1) is 0 Å². The summed E-state index contributed by atoms with van der Waals surface area (Å²) in [5.41, 5.74) is 0.790. The molecule has 0 atom stereocenters. The molecule has 62 valence electrons. The Kier molecular flexibility index (Phi) is 3.07. The Balaban J connectivity index is 2.54. The zero-order valence-corrected chi connectivity index (χ0v) is 6.27. The first-order chi connectivity index (χ1) is 5.38. The standard InChI is InChI=1S/C7H12N2O2/c10-5-1-4-9-7(6-11)2-3-8-9/h2-3,10-11H,1,4-6H2. The Morgan fingerprint density at radius 3 is 2.91 bits per heavy atom. The molecule has 0 aliphatic carbocycles. The van der Waals surface area contributed by atoms with Crippen LogP contribution in [0.4, 0.5) is 0 Å². The summed E-state index contributed by atoms with van der Waals surface area (Å²) in [5, 5.41) is 21.3. The van der Waals surface area contributed by atoms with Crippen molar-refractivity contribution in [2.45, 2.75) is 19.6 Å². The molecule has 0 bridgehead atoms. The minimum absolute atomic E-state index is 0.00539. The maximum absolute atomic E-state index is 8.78. The van der Waals surface area contributed by atoms with E-state index in [1.54, 1.807) is 16.9 Å². The third-order valence-corrected chi connectivity index (χ3v) is 1.49. The van der Waals surface area contributed by atoms with E-state index >= 15 is 0 Å². The average molecular weight is 156 g/mol. The van der Waals surface area contributed by atoms with Gasteiger partial charge in [0.05, 0.1) is 12.3 Å². The van der Waals surface area contributed by atoms with Crippen molar-refractivity contribution in [1.82, 2.24) is 9.78 Å². The number of nitrogens with zero attached hydrogens (tertiary/aromatic N) is 2. The zero-order chi connectivity index (χ0) is 8.10. The fraction of sp³-hybridized carbons (Fsp3) is 0.571. The average Bonchev–Trinajstić information content (AvgIpc) is 2.47. The Labute approximate surface area is 65.1 Å². The summed E-state index contributed by atoms with van der Waals surface area (Å²) in [4.78, 5) is 0. The lowest BCUT2D eigenvalue weighted by atomic mass is 10.4. The van der Waals surface area contributed by atoms with E-state index in [1.807, 2.05) is 0 Å². The molecule has 0 amide bonds. The fourth-order valence-electron chi connectivity index (χ4n) is 0.916. The highest BCUT2D eigenvalue weighted by Crippen LogP contribution is 1.98. The van der Waals surface area contributed by atoms with Gasteiger partial charge >= 0.3 is 0 Å². The quantitative estimate of drug-likeness (QED) is 0.632. The predicted octanol–water partition coefficient (Wildman–Crippen LogP) is -0.242.